The van der Waals surface area contributed by atoms with Crippen molar-refractivity contribution < 1.29 is 9.53 Å². The van der Waals surface area contributed by atoms with Crippen molar-refractivity contribution in [3.63, 3.8) is 0 Å². The number of unbranched alkanes of at least 4 members (excludes halogenated alkanes) is 1. The summed E-state index contributed by atoms with van der Waals surface area (Å²) < 4.78 is 4.76. The first-order valence-electron chi connectivity index (χ1n) is 4.54. The van der Waals surface area contributed by atoms with E-state index in [1.165, 1.54) is 0 Å². The maximum absolute atomic E-state index is 11.1. The number of carbonyl (C=O) groups excluding carboxylic acids is 1. The summed E-state index contributed by atoms with van der Waals surface area (Å²) in [5.74, 6) is -0.373. The van der Waals surface area contributed by atoms with E-state index in [0.717, 1.165) is 12.8 Å². The summed E-state index contributed by atoms with van der Waals surface area (Å²) >= 11 is 0. The summed E-state index contributed by atoms with van der Waals surface area (Å²) in [6.45, 7) is 1.20. The van der Waals surface area contributed by atoms with Crippen molar-refractivity contribution in [3.8, 4) is 0 Å². The molecule has 5 nitrogen and oxygen atoms in total. The second kappa shape index (κ2) is 10.7. The van der Waals surface area contributed by atoms with Gasteiger partial charge >= 0.3 is 5.97 Å². The summed E-state index contributed by atoms with van der Waals surface area (Å²) in [6, 6.07) is -0.530. The highest BCUT2D eigenvalue weighted by atomic mass is 35.5. The van der Waals surface area contributed by atoms with Gasteiger partial charge in [0.15, 0.2) is 0 Å². The third kappa shape index (κ3) is 8.25. The molecule has 0 aliphatic rings. The van der Waals surface area contributed by atoms with Crippen LogP contribution in [0.5, 0.6) is 0 Å². The van der Waals surface area contributed by atoms with Crippen LogP contribution in [0.15, 0.2) is 0 Å². The zero-order valence-electron chi connectivity index (χ0n) is 8.28. The quantitative estimate of drug-likeness (QED) is 0.395. The largest absolute Gasteiger partial charge is 0.463 e. The minimum atomic E-state index is -0.530. The lowest BCUT2D eigenvalue weighted by atomic mass is 10.1. The number of rotatable bonds is 7. The van der Waals surface area contributed by atoms with E-state index in [9.17, 15) is 4.79 Å². The molecule has 0 aromatic carbocycles. The molecule has 0 aromatic heterocycles. The molecule has 0 unspecified atom stereocenters. The minimum Gasteiger partial charge on any atom is -0.463 e. The van der Waals surface area contributed by atoms with E-state index in [1.54, 1.807) is 0 Å². The maximum Gasteiger partial charge on any atom is 0.322 e. The maximum atomic E-state index is 11.1. The number of esters is 1. The molecule has 0 heterocycles. The van der Waals surface area contributed by atoms with Crippen LogP contribution in [0.2, 0.25) is 0 Å². The molecular weight excluding hydrogens is 206 g/mol. The Hall–Kier alpha value is -0.360. The topological polar surface area (TPSA) is 104 Å². The zero-order valence-corrected chi connectivity index (χ0v) is 9.09. The first-order chi connectivity index (χ1) is 6.22. The Kier molecular flexibility index (Phi) is 12.3. The minimum absolute atomic E-state index is 0. The molecule has 0 aliphatic heterocycles. The Labute approximate surface area is 90.7 Å². The summed E-state index contributed by atoms with van der Waals surface area (Å²) in [5, 5.41) is 0. The van der Waals surface area contributed by atoms with E-state index in [2.05, 4.69) is 0 Å². The van der Waals surface area contributed by atoms with Gasteiger partial charge in [-0.25, -0.2) is 0 Å². The molecule has 0 aromatic rings. The fraction of sp³-hybridized carbons (Fsp3) is 0.875. The second-order valence-electron chi connectivity index (χ2n) is 2.85. The number of halogens is 1. The van der Waals surface area contributed by atoms with Gasteiger partial charge in [0.1, 0.15) is 12.6 Å². The first-order valence-corrected chi connectivity index (χ1v) is 4.54. The van der Waals surface area contributed by atoms with Crippen molar-refractivity contribution >= 4 is 18.4 Å². The van der Waals surface area contributed by atoms with Gasteiger partial charge in [0.25, 0.3) is 0 Å². The van der Waals surface area contributed by atoms with Crippen molar-refractivity contribution in [3.05, 3.63) is 0 Å². The Bertz CT molecular complexity index is 147. The van der Waals surface area contributed by atoms with E-state index < -0.39 is 6.04 Å². The number of ether oxygens (including phenoxy) is 1. The zero-order chi connectivity index (χ0) is 10.1. The molecule has 0 fully saturated rings. The van der Waals surface area contributed by atoms with E-state index in [1.807, 2.05) is 0 Å². The van der Waals surface area contributed by atoms with Crippen LogP contribution < -0.4 is 17.2 Å². The van der Waals surface area contributed by atoms with Gasteiger partial charge in [-0.05, 0) is 19.4 Å². The molecule has 86 valence electrons. The van der Waals surface area contributed by atoms with Crippen LogP contribution in [0.25, 0.3) is 0 Å². The first kappa shape index (κ1) is 16.1. The van der Waals surface area contributed by atoms with Gasteiger partial charge in [-0.2, -0.15) is 0 Å². The lowest BCUT2D eigenvalue weighted by Crippen LogP contribution is -2.33. The third-order valence-corrected chi connectivity index (χ3v) is 1.63. The fourth-order valence-corrected chi connectivity index (χ4v) is 0.893. The number of carbonyl (C=O) groups is 1. The lowest BCUT2D eigenvalue weighted by molar-refractivity contribution is -0.145. The molecular formula is C8H20ClN3O2. The van der Waals surface area contributed by atoms with Gasteiger partial charge < -0.3 is 21.9 Å². The van der Waals surface area contributed by atoms with Crippen molar-refractivity contribution in [2.24, 2.45) is 17.2 Å². The average molecular weight is 226 g/mol. The summed E-state index contributed by atoms with van der Waals surface area (Å²) in [6.07, 6.45) is 2.37. The number of hydrogen-bond acceptors (Lipinski definition) is 5. The molecule has 0 spiro atoms. The van der Waals surface area contributed by atoms with Crippen LogP contribution in [-0.2, 0) is 9.53 Å². The van der Waals surface area contributed by atoms with E-state index in [0.29, 0.717) is 19.5 Å². The molecule has 0 saturated carbocycles. The van der Waals surface area contributed by atoms with Gasteiger partial charge in [-0.15, -0.1) is 12.4 Å². The monoisotopic (exact) mass is 225 g/mol. The van der Waals surface area contributed by atoms with Crippen LogP contribution in [0, 0.1) is 0 Å². The van der Waals surface area contributed by atoms with E-state index in [4.69, 9.17) is 21.9 Å². The molecule has 0 radical (unpaired) electrons. The lowest BCUT2D eigenvalue weighted by Gasteiger charge is -2.10. The van der Waals surface area contributed by atoms with Gasteiger partial charge in [0, 0.05) is 6.54 Å². The predicted molar refractivity (Wildman–Crippen MR) is 58.1 cm³/mol. The normalized spacial score (nSPS) is 11.6. The molecule has 0 aliphatic carbocycles. The highest BCUT2D eigenvalue weighted by molar-refractivity contribution is 5.85. The molecule has 0 rings (SSSR count). The highest BCUT2D eigenvalue weighted by Gasteiger charge is 2.13. The van der Waals surface area contributed by atoms with Gasteiger partial charge in [0.05, 0.1) is 0 Å². The molecule has 6 N–H and O–H groups in total. The second-order valence-corrected chi connectivity index (χ2v) is 2.85. The van der Waals surface area contributed by atoms with Crippen LogP contribution in [0.3, 0.4) is 0 Å². The van der Waals surface area contributed by atoms with Gasteiger partial charge in [0.2, 0.25) is 0 Å². The molecule has 14 heavy (non-hydrogen) atoms. The van der Waals surface area contributed by atoms with E-state index >= 15 is 0 Å². The van der Waals surface area contributed by atoms with Crippen molar-refractivity contribution in [1.29, 1.82) is 0 Å². The van der Waals surface area contributed by atoms with Crippen molar-refractivity contribution in [1.82, 2.24) is 0 Å². The van der Waals surface area contributed by atoms with Crippen LogP contribution in [0.4, 0.5) is 0 Å². The van der Waals surface area contributed by atoms with Crippen LogP contribution >= 0.6 is 12.4 Å². The number of hydrogen-bond donors (Lipinski definition) is 3. The van der Waals surface area contributed by atoms with E-state index in [-0.39, 0.29) is 25.0 Å². The van der Waals surface area contributed by atoms with Gasteiger partial charge in [-0.3, -0.25) is 4.79 Å². The standard InChI is InChI=1S/C8H19N3O2.ClH/c9-4-2-1-3-7(11)8(12)13-6-5-10;/h7H,1-6,9-11H2;1H/t7-;/m0./s1. The molecule has 0 bridgehead atoms. The molecule has 1 atom stereocenters. The summed E-state index contributed by atoms with van der Waals surface area (Å²) in [7, 11) is 0. The van der Waals surface area contributed by atoms with Crippen molar-refractivity contribution in [2.45, 2.75) is 25.3 Å². The predicted octanol–water partition coefficient (Wildman–Crippen LogP) is -0.634. The van der Waals surface area contributed by atoms with Crippen LogP contribution in [0.1, 0.15) is 19.3 Å². The third-order valence-electron chi connectivity index (χ3n) is 1.63. The average Bonchev–Trinajstić information content (AvgIpc) is 2.14. The summed E-state index contributed by atoms with van der Waals surface area (Å²) in [4.78, 5) is 11.1. The van der Waals surface area contributed by atoms with Crippen molar-refractivity contribution in [2.75, 3.05) is 19.7 Å². The molecule has 6 heteroatoms. The SMILES string of the molecule is Cl.NCCCC[C@H](N)C(=O)OCCN. The summed E-state index contributed by atoms with van der Waals surface area (Å²) in [5.41, 5.74) is 16.0. The Balaban J connectivity index is 0. The van der Waals surface area contributed by atoms with Crippen LogP contribution in [-0.4, -0.2) is 31.7 Å². The highest BCUT2D eigenvalue weighted by Crippen LogP contribution is 1.99. The Morgan fingerprint density at radius 2 is 1.86 bits per heavy atom. The molecule has 0 saturated heterocycles. The number of nitrogens with two attached hydrogens (primary N) is 3. The Morgan fingerprint density at radius 3 is 2.36 bits per heavy atom. The van der Waals surface area contributed by atoms with Gasteiger partial charge in [-0.1, -0.05) is 6.42 Å². The fourth-order valence-electron chi connectivity index (χ4n) is 0.893. The molecule has 0 amide bonds. The Morgan fingerprint density at radius 1 is 1.21 bits per heavy atom. The smallest absolute Gasteiger partial charge is 0.322 e.